The molecule has 0 radical (unpaired) electrons. The normalized spacial score (nSPS) is 22.9. The third kappa shape index (κ3) is 2.58. The van der Waals surface area contributed by atoms with Gasteiger partial charge in [-0.3, -0.25) is 4.98 Å². The lowest BCUT2D eigenvalue weighted by molar-refractivity contribution is -0.0240. The Morgan fingerprint density at radius 1 is 1.40 bits per heavy atom. The summed E-state index contributed by atoms with van der Waals surface area (Å²) >= 11 is 0. The van der Waals surface area contributed by atoms with E-state index in [0.717, 1.165) is 37.1 Å². The van der Waals surface area contributed by atoms with E-state index < -0.39 is 0 Å². The Kier molecular flexibility index (Phi) is 3.78. The minimum absolute atomic E-state index is 0.0752. The molecule has 1 aliphatic rings. The van der Waals surface area contributed by atoms with Crippen molar-refractivity contribution in [2.45, 2.75) is 39.2 Å². The Balaban J connectivity index is 1.86. The summed E-state index contributed by atoms with van der Waals surface area (Å²) in [6.45, 7) is 5.07. The average Bonchev–Trinajstić information content (AvgIpc) is 2.97. The van der Waals surface area contributed by atoms with Crippen LogP contribution >= 0.6 is 0 Å². The van der Waals surface area contributed by atoms with E-state index in [1.165, 1.54) is 0 Å². The fourth-order valence-electron chi connectivity index (χ4n) is 2.52. The fraction of sp³-hybridized carbons (Fsp3) is 0.533. The monoisotopic (exact) mass is 273 g/mol. The van der Waals surface area contributed by atoms with Crippen molar-refractivity contribution in [2.24, 2.45) is 5.92 Å². The Morgan fingerprint density at radius 2 is 2.30 bits per heavy atom. The third-order valence-corrected chi connectivity index (χ3v) is 3.75. The van der Waals surface area contributed by atoms with E-state index in [1.807, 2.05) is 12.1 Å². The van der Waals surface area contributed by atoms with Crippen molar-refractivity contribution in [3.8, 4) is 11.5 Å². The highest BCUT2D eigenvalue weighted by atomic mass is 16.5. The summed E-state index contributed by atoms with van der Waals surface area (Å²) < 4.78 is 11.1. The van der Waals surface area contributed by atoms with Gasteiger partial charge in [-0.15, -0.1) is 0 Å². The van der Waals surface area contributed by atoms with Gasteiger partial charge in [0.05, 0.1) is 0 Å². The van der Waals surface area contributed by atoms with Crippen LogP contribution in [0, 0.1) is 5.92 Å². The third-order valence-electron chi connectivity index (χ3n) is 3.75. The minimum atomic E-state index is -0.0752. The number of aromatic nitrogens is 3. The number of nitrogens with zero attached hydrogens (tertiary/aromatic N) is 3. The van der Waals surface area contributed by atoms with E-state index in [-0.39, 0.29) is 6.10 Å². The molecule has 0 aromatic carbocycles. The standard InChI is InChI=1S/C15H19N3O2/c1-3-11-5-4-7-16-13(11)14-17-15(20-18-14)12-9-10(2)6-8-19-12/h4-5,7,10,12H,3,6,8-9H2,1-2H3/t10-,12-/m0/s1. The van der Waals surface area contributed by atoms with Crippen LogP contribution < -0.4 is 0 Å². The molecule has 106 valence electrons. The van der Waals surface area contributed by atoms with Crippen LogP contribution in [0.25, 0.3) is 11.5 Å². The lowest BCUT2D eigenvalue weighted by Crippen LogP contribution is -2.18. The minimum Gasteiger partial charge on any atom is -0.368 e. The van der Waals surface area contributed by atoms with Gasteiger partial charge in [-0.2, -0.15) is 4.98 Å². The molecule has 5 nitrogen and oxygen atoms in total. The van der Waals surface area contributed by atoms with Crippen LogP contribution in [0.4, 0.5) is 0 Å². The topological polar surface area (TPSA) is 61.0 Å². The maximum Gasteiger partial charge on any atom is 0.256 e. The first-order valence-electron chi connectivity index (χ1n) is 7.17. The van der Waals surface area contributed by atoms with Gasteiger partial charge in [0, 0.05) is 12.8 Å². The second kappa shape index (κ2) is 5.71. The number of aryl methyl sites for hydroxylation is 1. The van der Waals surface area contributed by atoms with Crippen molar-refractivity contribution >= 4 is 0 Å². The molecule has 0 amide bonds. The first-order chi connectivity index (χ1) is 9.78. The van der Waals surface area contributed by atoms with Crippen molar-refractivity contribution in [3.63, 3.8) is 0 Å². The SMILES string of the molecule is CCc1cccnc1-c1noc([C@@H]2C[C@@H](C)CCO2)n1. The molecule has 0 bridgehead atoms. The van der Waals surface area contributed by atoms with E-state index in [9.17, 15) is 0 Å². The largest absolute Gasteiger partial charge is 0.368 e. The van der Waals surface area contributed by atoms with Crippen LogP contribution in [0.15, 0.2) is 22.9 Å². The van der Waals surface area contributed by atoms with Crippen LogP contribution in [-0.2, 0) is 11.2 Å². The van der Waals surface area contributed by atoms with Crippen molar-refractivity contribution in [1.29, 1.82) is 0 Å². The summed E-state index contributed by atoms with van der Waals surface area (Å²) in [5.41, 5.74) is 1.92. The summed E-state index contributed by atoms with van der Waals surface area (Å²) in [5.74, 6) is 1.75. The lowest BCUT2D eigenvalue weighted by Gasteiger charge is -2.24. The Labute approximate surface area is 118 Å². The van der Waals surface area contributed by atoms with E-state index in [0.29, 0.717) is 17.6 Å². The molecule has 1 saturated heterocycles. The highest BCUT2D eigenvalue weighted by Crippen LogP contribution is 2.31. The molecule has 0 saturated carbocycles. The Hall–Kier alpha value is -1.75. The summed E-state index contributed by atoms with van der Waals surface area (Å²) in [6, 6.07) is 3.97. The zero-order valence-electron chi connectivity index (χ0n) is 11.9. The first-order valence-corrected chi connectivity index (χ1v) is 7.17. The van der Waals surface area contributed by atoms with E-state index in [1.54, 1.807) is 6.20 Å². The van der Waals surface area contributed by atoms with Crippen molar-refractivity contribution in [2.75, 3.05) is 6.61 Å². The quantitative estimate of drug-likeness (QED) is 0.859. The lowest BCUT2D eigenvalue weighted by atomic mass is 9.98. The predicted octanol–water partition coefficient (Wildman–Crippen LogP) is 3.18. The second-order valence-electron chi connectivity index (χ2n) is 5.31. The predicted molar refractivity (Wildman–Crippen MR) is 74.0 cm³/mol. The van der Waals surface area contributed by atoms with Gasteiger partial charge in [-0.1, -0.05) is 25.1 Å². The van der Waals surface area contributed by atoms with Gasteiger partial charge in [-0.05, 0) is 36.8 Å². The van der Waals surface area contributed by atoms with E-state index >= 15 is 0 Å². The van der Waals surface area contributed by atoms with Crippen LogP contribution in [-0.4, -0.2) is 21.7 Å². The molecule has 2 aromatic rings. The second-order valence-corrected chi connectivity index (χ2v) is 5.31. The Bertz CT molecular complexity index is 582. The molecule has 5 heteroatoms. The van der Waals surface area contributed by atoms with Gasteiger partial charge in [0.25, 0.3) is 5.89 Å². The van der Waals surface area contributed by atoms with Crippen molar-refractivity contribution in [1.82, 2.24) is 15.1 Å². The number of hydrogen-bond acceptors (Lipinski definition) is 5. The molecule has 20 heavy (non-hydrogen) atoms. The zero-order valence-corrected chi connectivity index (χ0v) is 11.9. The average molecular weight is 273 g/mol. The number of ether oxygens (including phenoxy) is 1. The smallest absolute Gasteiger partial charge is 0.256 e. The highest BCUT2D eigenvalue weighted by Gasteiger charge is 2.26. The van der Waals surface area contributed by atoms with Gasteiger partial charge in [0.2, 0.25) is 5.82 Å². The van der Waals surface area contributed by atoms with Gasteiger partial charge in [0.1, 0.15) is 11.8 Å². The molecular formula is C15H19N3O2. The maximum atomic E-state index is 5.72. The van der Waals surface area contributed by atoms with Gasteiger partial charge in [-0.25, -0.2) is 0 Å². The molecule has 3 rings (SSSR count). The van der Waals surface area contributed by atoms with E-state index in [2.05, 4.69) is 29.0 Å². The molecule has 0 N–H and O–H groups in total. The van der Waals surface area contributed by atoms with Crippen molar-refractivity contribution in [3.05, 3.63) is 29.8 Å². The van der Waals surface area contributed by atoms with Crippen LogP contribution in [0.2, 0.25) is 0 Å². The van der Waals surface area contributed by atoms with Crippen LogP contribution in [0.3, 0.4) is 0 Å². The van der Waals surface area contributed by atoms with E-state index in [4.69, 9.17) is 9.26 Å². The molecule has 2 aromatic heterocycles. The molecule has 1 fully saturated rings. The molecular weight excluding hydrogens is 254 g/mol. The fourth-order valence-corrected chi connectivity index (χ4v) is 2.52. The number of rotatable bonds is 3. The number of hydrogen-bond donors (Lipinski definition) is 0. The van der Waals surface area contributed by atoms with Gasteiger partial charge >= 0.3 is 0 Å². The number of pyridine rings is 1. The summed E-state index contributed by atoms with van der Waals surface area (Å²) in [6.07, 6.45) is 4.60. The molecule has 0 aliphatic carbocycles. The molecule has 0 unspecified atom stereocenters. The van der Waals surface area contributed by atoms with Crippen molar-refractivity contribution < 1.29 is 9.26 Å². The highest BCUT2D eigenvalue weighted by molar-refractivity contribution is 5.53. The molecule has 0 spiro atoms. The summed E-state index contributed by atoms with van der Waals surface area (Å²) in [4.78, 5) is 8.85. The zero-order chi connectivity index (χ0) is 13.9. The molecule has 2 atom stereocenters. The van der Waals surface area contributed by atoms with Crippen LogP contribution in [0.5, 0.6) is 0 Å². The molecule has 1 aliphatic heterocycles. The van der Waals surface area contributed by atoms with Gasteiger partial charge in [0.15, 0.2) is 0 Å². The Morgan fingerprint density at radius 3 is 3.10 bits per heavy atom. The van der Waals surface area contributed by atoms with Gasteiger partial charge < -0.3 is 9.26 Å². The van der Waals surface area contributed by atoms with Crippen LogP contribution in [0.1, 0.15) is 44.2 Å². The maximum absolute atomic E-state index is 5.72. The summed E-state index contributed by atoms with van der Waals surface area (Å²) in [7, 11) is 0. The summed E-state index contributed by atoms with van der Waals surface area (Å²) in [5, 5.41) is 4.07. The first kappa shape index (κ1) is 13.2. The molecule has 3 heterocycles.